The molecule has 0 aromatic heterocycles. The molecule has 120 valence electrons. The van der Waals surface area contributed by atoms with Crippen molar-refractivity contribution in [2.45, 2.75) is 6.61 Å². The maximum Gasteiger partial charge on any atom is 0.469 e. The fourth-order valence-electron chi connectivity index (χ4n) is 1.51. The van der Waals surface area contributed by atoms with Crippen LogP contribution < -0.4 is 9.47 Å². The molecule has 0 spiro atoms. The van der Waals surface area contributed by atoms with Gasteiger partial charge in [-0.1, -0.05) is 6.07 Å². The maximum absolute atomic E-state index is 11.5. The number of hydrogen-bond acceptors (Lipinski definition) is 7. The SMILES string of the molecule is COc1ccc(COC(=O)N(CC(=O)O)[N+](=O)[O-])cc1OC. The molecular formula is C12H14N2O8. The van der Waals surface area contributed by atoms with E-state index < -0.39 is 23.6 Å². The van der Waals surface area contributed by atoms with Gasteiger partial charge in [-0.25, -0.2) is 14.9 Å². The first kappa shape index (κ1) is 17.0. The van der Waals surface area contributed by atoms with Crippen LogP contribution in [-0.4, -0.2) is 48.0 Å². The van der Waals surface area contributed by atoms with E-state index in [9.17, 15) is 19.7 Å². The van der Waals surface area contributed by atoms with Gasteiger partial charge >= 0.3 is 12.1 Å². The van der Waals surface area contributed by atoms with Crippen molar-refractivity contribution in [3.63, 3.8) is 0 Å². The van der Waals surface area contributed by atoms with Gasteiger partial charge in [-0.05, 0) is 22.7 Å². The Bertz CT molecular complexity index is 574. The Balaban J connectivity index is 2.74. The summed E-state index contributed by atoms with van der Waals surface area (Å²) < 4.78 is 14.8. The van der Waals surface area contributed by atoms with E-state index in [2.05, 4.69) is 0 Å². The normalized spacial score (nSPS) is 9.73. The van der Waals surface area contributed by atoms with Gasteiger partial charge in [-0.15, -0.1) is 0 Å². The molecule has 0 aliphatic rings. The number of carbonyl (C=O) groups is 2. The van der Waals surface area contributed by atoms with E-state index in [1.807, 2.05) is 0 Å². The van der Waals surface area contributed by atoms with Crippen molar-refractivity contribution < 1.29 is 33.9 Å². The minimum atomic E-state index is -1.53. The lowest BCUT2D eigenvalue weighted by Crippen LogP contribution is -2.40. The predicted octanol–water partition coefficient (Wildman–Crippen LogP) is 0.919. The summed E-state index contributed by atoms with van der Waals surface area (Å²) in [5, 5.41) is 17.8. The van der Waals surface area contributed by atoms with Crippen LogP contribution in [0, 0.1) is 10.1 Å². The van der Waals surface area contributed by atoms with Crippen molar-refractivity contribution >= 4 is 12.1 Å². The fraction of sp³-hybridized carbons (Fsp3) is 0.333. The third-order valence-corrected chi connectivity index (χ3v) is 2.50. The highest BCUT2D eigenvalue weighted by atomic mass is 16.7. The number of benzene rings is 1. The number of carboxylic acid groups (broad SMARTS) is 1. The summed E-state index contributed by atoms with van der Waals surface area (Å²) >= 11 is 0. The standard InChI is InChI=1S/C12H14N2O8/c1-20-9-4-3-8(5-10(9)21-2)7-22-12(17)13(14(18)19)6-11(15)16/h3-5H,6-7H2,1-2H3,(H,15,16). The van der Waals surface area contributed by atoms with Gasteiger partial charge in [0.05, 0.1) is 14.2 Å². The molecule has 1 N–H and O–H groups in total. The van der Waals surface area contributed by atoms with E-state index in [0.29, 0.717) is 17.1 Å². The van der Waals surface area contributed by atoms with Gasteiger partial charge in [0.1, 0.15) is 6.61 Å². The van der Waals surface area contributed by atoms with Crippen LogP contribution in [0.3, 0.4) is 0 Å². The lowest BCUT2D eigenvalue weighted by Gasteiger charge is -2.12. The second-order valence-electron chi connectivity index (χ2n) is 3.93. The van der Waals surface area contributed by atoms with Crippen LogP contribution in [0.15, 0.2) is 18.2 Å². The molecule has 0 atom stereocenters. The summed E-state index contributed by atoms with van der Waals surface area (Å²) in [7, 11) is 2.88. The number of amides is 1. The Labute approximate surface area is 124 Å². The lowest BCUT2D eigenvalue weighted by atomic mass is 10.2. The van der Waals surface area contributed by atoms with Gasteiger partial charge < -0.3 is 19.3 Å². The molecular weight excluding hydrogens is 300 g/mol. The monoisotopic (exact) mass is 314 g/mol. The average molecular weight is 314 g/mol. The summed E-state index contributed by atoms with van der Waals surface area (Å²) in [6.45, 7) is -1.39. The fourth-order valence-corrected chi connectivity index (χ4v) is 1.51. The Kier molecular flexibility index (Phi) is 5.93. The van der Waals surface area contributed by atoms with Crippen molar-refractivity contribution in [3.8, 4) is 11.5 Å². The smallest absolute Gasteiger partial charge is 0.469 e. The molecule has 0 heterocycles. The van der Waals surface area contributed by atoms with Gasteiger partial charge in [0.2, 0.25) is 0 Å². The Morgan fingerprint density at radius 1 is 1.27 bits per heavy atom. The van der Waals surface area contributed by atoms with Crippen LogP contribution in [0.4, 0.5) is 4.79 Å². The van der Waals surface area contributed by atoms with Gasteiger partial charge in [0, 0.05) is 0 Å². The van der Waals surface area contributed by atoms with Crippen LogP contribution >= 0.6 is 0 Å². The number of nitrogens with zero attached hydrogens (tertiary/aromatic N) is 2. The number of carboxylic acids is 1. The molecule has 0 fully saturated rings. The van der Waals surface area contributed by atoms with Crippen LogP contribution in [0.5, 0.6) is 11.5 Å². The number of methoxy groups -OCH3 is 2. The first-order chi connectivity index (χ1) is 10.4. The van der Waals surface area contributed by atoms with E-state index in [4.69, 9.17) is 19.3 Å². The van der Waals surface area contributed by atoms with Gasteiger partial charge in [0.15, 0.2) is 23.1 Å². The highest BCUT2D eigenvalue weighted by molar-refractivity contribution is 5.75. The molecule has 22 heavy (non-hydrogen) atoms. The van der Waals surface area contributed by atoms with Crippen molar-refractivity contribution in [1.29, 1.82) is 0 Å². The highest BCUT2D eigenvalue weighted by Gasteiger charge is 2.28. The van der Waals surface area contributed by atoms with E-state index in [0.717, 1.165) is 0 Å². The maximum atomic E-state index is 11.5. The van der Waals surface area contributed by atoms with E-state index in [-0.39, 0.29) is 11.6 Å². The molecule has 1 rings (SSSR count). The summed E-state index contributed by atoms with van der Waals surface area (Å²) in [6, 6.07) is 4.67. The van der Waals surface area contributed by atoms with E-state index in [1.54, 1.807) is 12.1 Å². The number of rotatable bonds is 7. The molecule has 10 nitrogen and oxygen atoms in total. The number of nitro groups is 1. The zero-order valence-electron chi connectivity index (χ0n) is 11.8. The topological polar surface area (TPSA) is 128 Å². The quantitative estimate of drug-likeness (QED) is 0.581. The molecule has 1 aromatic rings. The molecule has 1 aromatic carbocycles. The van der Waals surface area contributed by atoms with Crippen molar-refractivity contribution in [1.82, 2.24) is 5.01 Å². The number of carbonyl (C=O) groups excluding carboxylic acids is 1. The average Bonchev–Trinajstić information content (AvgIpc) is 2.49. The highest BCUT2D eigenvalue weighted by Crippen LogP contribution is 2.27. The number of aliphatic carboxylic acids is 1. The zero-order chi connectivity index (χ0) is 16.7. The van der Waals surface area contributed by atoms with Crippen molar-refractivity contribution in [2.24, 2.45) is 0 Å². The molecule has 0 saturated carbocycles. The molecule has 0 radical (unpaired) electrons. The minimum absolute atomic E-state index is 0.136. The van der Waals surface area contributed by atoms with Gasteiger partial charge in [-0.3, -0.25) is 4.79 Å². The molecule has 0 aliphatic carbocycles. The first-order valence-corrected chi connectivity index (χ1v) is 5.90. The zero-order valence-corrected chi connectivity index (χ0v) is 11.8. The lowest BCUT2D eigenvalue weighted by molar-refractivity contribution is -0.633. The van der Waals surface area contributed by atoms with Crippen LogP contribution in [0.1, 0.15) is 5.56 Å². The van der Waals surface area contributed by atoms with Crippen molar-refractivity contribution in [3.05, 3.63) is 33.9 Å². The molecule has 10 heteroatoms. The Morgan fingerprint density at radius 3 is 2.41 bits per heavy atom. The predicted molar refractivity (Wildman–Crippen MR) is 71.1 cm³/mol. The Morgan fingerprint density at radius 2 is 1.91 bits per heavy atom. The minimum Gasteiger partial charge on any atom is -0.493 e. The van der Waals surface area contributed by atoms with Crippen LogP contribution in [0.25, 0.3) is 0 Å². The second kappa shape index (κ2) is 7.67. The third-order valence-electron chi connectivity index (χ3n) is 2.50. The number of hydrogen-bond donors (Lipinski definition) is 1. The van der Waals surface area contributed by atoms with Crippen LogP contribution in [0.2, 0.25) is 0 Å². The first-order valence-electron chi connectivity index (χ1n) is 5.90. The third kappa shape index (κ3) is 4.51. The molecule has 0 unspecified atom stereocenters. The summed E-state index contributed by atoms with van der Waals surface area (Å²) in [5.74, 6) is -0.664. The van der Waals surface area contributed by atoms with Gasteiger partial charge in [-0.2, -0.15) is 0 Å². The summed E-state index contributed by atoms with van der Waals surface area (Å²) in [5.41, 5.74) is 0.490. The van der Waals surface area contributed by atoms with Crippen LogP contribution in [-0.2, 0) is 16.1 Å². The van der Waals surface area contributed by atoms with E-state index in [1.165, 1.54) is 20.3 Å². The molecule has 1 amide bonds. The summed E-state index contributed by atoms with van der Waals surface area (Å²) in [6.07, 6.45) is -1.37. The molecule has 0 bridgehead atoms. The number of hydrazine groups is 1. The van der Waals surface area contributed by atoms with Crippen molar-refractivity contribution in [2.75, 3.05) is 20.8 Å². The summed E-state index contributed by atoms with van der Waals surface area (Å²) in [4.78, 5) is 32.6. The largest absolute Gasteiger partial charge is 0.493 e. The Hall–Kier alpha value is -3.04. The molecule has 0 aliphatic heterocycles. The second-order valence-corrected chi connectivity index (χ2v) is 3.93. The van der Waals surface area contributed by atoms with E-state index >= 15 is 0 Å². The molecule has 0 saturated heterocycles. The van der Waals surface area contributed by atoms with Gasteiger partial charge in [0.25, 0.3) is 0 Å². The number of ether oxygens (including phenoxy) is 3.